The van der Waals surface area contributed by atoms with Gasteiger partial charge in [-0.25, -0.2) is 0 Å². The molecule has 0 aromatic rings. The highest BCUT2D eigenvalue weighted by Crippen LogP contribution is 2.38. The number of nitrogens with one attached hydrogen (secondary N) is 2. The Balaban J connectivity index is 2.28. The third-order valence-electron chi connectivity index (χ3n) is 3.60. The smallest absolute Gasteiger partial charge is 0.399 e. The maximum atomic E-state index is 7.87. The minimum absolute atomic E-state index is 0.172. The lowest BCUT2D eigenvalue weighted by atomic mass is 9.72. The van der Waals surface area contributed by atoms with Crippen molar-refractivity contribution < 1.29 is 9.31 Å². The number of rotatable bonds is 1. The molecule has 5 heteroatoms. The molecular weight excluding hydrogens is 215 g/mol. The van der Waals surface area contributed by atoms with Gasteiger partial charge in [0.1, 0.15) is 0 Å². The van der Waals surface area contributed by atoms with Crippen LogP contribution in [0.25, 0.3) is 0 Å². The monoisotopic (exact) mass is 232 g/mol. The molecule has 0 bridgehead atoms. The topological polar surface area (TPSA) is 66.2 Å². The normalized spacial score (nSPS) is 26.4. The lowest BCUT2D eigenvalue weighted by Gasteiger charge is -2.32. The lowest BCUT2D eigenvalue weighted by molar-refractivity contribution is 0.00578. The molecule has 0 atom stereocenters. The summed E-state index contributed by atoms with van der Waals surface area (Å²) in [7, 11) is -0.558. The second-order valence-corrected chi connectivity index (χ2v) is 5.36. The molecule has 1 heterocycles. The minimum Gasteiger partial charge on any atom is -0.399 e. The second kappa shape index (κ2) is 3.65. The lowest BCUT2D eigenvalue weighted by Crippen LogP contribution is -2.41. The van der Waals surface area contributed by atoms with E-state index < -0.39 is 18.3 Å². The fourth-order valence-electron chi connectivity index (χ4n) is 1.74. The fourth-order valence-corrected chi connectivity index (χ4v) is 1.74. The van der Waals surface area contributed by atoms with E-state index in [4.69, 9.17) is 20.1 Å². The molecule has 0 radical (unpaired) electrons. The first-order valence-corrected chi connectivity index (χ1v) is 5.66. The van der Waals surface area contributed by atoms with Gasteiger partial charge in [0.15, 0.2) is 0 Å². The van der Waals surface area contributed by atoms with Crippen LogP contribution in [0.15, 0.2) is 23.7 Å². The van der Waals surface area contributed by atoms with Gasteiger partial charge in [-0.05, 0) is 33.8 Å². The van der Waals surface area contributed by atoms with E-state index in [2.05, 4.69) is 0 Å². The van der Waals surface area contributed by atoms with Crippen molar-refractivity contribution in [1.82, 2.24) is 0 Å². The molecule has 0 unspecified atom stereocenters. The molecule has 0 amide bonds. The van der Waals surface area contributed by atoms with Gasteiger partial charge in [0.25, 0.3) is 0 Å². The SMILES string of the molecule is CC1(C)OB(C2=CC=CC(=N)C2=N)OC1(C)C. The van der Waals surface area contributed by atoms with Gasteiger partial charge in [0, 0.05) is 5.47 Å². The number of hydrogen-bond donors (Lipinski definition) is 2. The Labute approximate surface area is 102 Å². The molecule has 1 aliphatic heterocycles. The number of allylic oxidation sites excluding steroid dienone is 4. The van der Waals surface area contributed by atoms with Crippen molar-refractivity contribution in [1.29, 1.82) is 10.8 Å². The van der Waals surface area contributed by atoms with Crippen LogP contribution in [0.1, 0.15) is 27.7 Å². The van der Waals surface area contributed by atoms with E-state index in [0.717, 1.165) is 0 Å². The average Bonchev–Trinajstić information content (AvgIpc) is 2.40. The van der Waals surface area contributed by atoms with Gasteiger partial charge in [0.2, 0.25) is 0 Å². The average molecular weight is 232 g/mol. The van der Waals surface area contributed by atoms with Crippen molar-refractivity contribution in [3.63, 3.8) is 0 Å². The van der Waals surface area contributed by atoms with Gasteiger partial charge in [-0.2, -0.15) is 0 Å². The molecule has 2 aliphatic rings. The highest BCUT2D eigenvalue weighted by Gasteiger charge is 2.53. The minimum atomic E-state index is -0.558. The van der Waals surface area contributed by atoms with Crippen molar-refractivity contribution in [3.8, 4) is 0 Å². The molecule has 2 rings (SSSR count). The molecule has 0 aromatic carbocycles. The van der Waals surface area contributed by atoms with Crippen molar-refractivity contribution in [2.75, 3.05) is 0 Å². The molecule has 4 nitrogen and oxygen atoms in total. The van der Waals surface area contributed by atoms with E-state index in [-0.39, 0.29) is 11.4 Å². The molecule has 1 fully saturated rings. The largest absolute Gasteiger partial charge is 0.497 e. The Morgan fingerprint density at radius 3 is 2.12 bits per heavy atom. The highest BCUT2D eigenvalue weighted by atomic mass is 16.7. The van der Waals surface area contributed by atoms with Crippen LogP contribution in [0.3, 0.4) is 0 Å². The van der Waals surface area contributed by atoms with Gasteiger partial charge in [-0.1, -0.05) is 12.2 Å². The Morgan fingerprint density at radius 2 is 1.59 bits per heavy atom. The molecule has 1 aliphatic carbocycles. The Kier molecular flexibility index (Phi) is 2.63. The van der Waals surface area contributed by atoms with Crippen LogP contribution in [0.5, 0.6) is 0 Å². The van der Waals surface area contributed by atoms with Crippen LogP contribution in [0, 0.1) is 10.8 Å². The van der Waals surface area contributed by atoms with E-state index in [0.29, 0.717) is 5.47 Å². The molecule has 0 saturated carbocycles. The molecule has 0 spiro atoms. The quantitative estimate of drug-likeness (QED) is 0.537. The zero-order chi connectivity index (χ0) is 12.8. The summed E-state index contributed by atoms with van der Waals surface area (Å²) in [5, 5.41) is 15.5. The van der Waals surface area contributed by atoms with Crippen LogP contribution in [0.4, 0.5) is 0 Å². The zero-order valence-corrected chi connectivity index (χ0v) is 10.6. The molecule has 2 N–H and O–H groups in total. The molecule has 0 aromatic heterocycles. The van der Waals surface area contributed by atoms with E-state index in [1.807, 2.05) is 27.7 Å². The first kappa shape index (κ1) is 12.3. The van der Waals surface area contributed by atoms with Gasteiger partial charge >= 0.3 is 7.12 Å². The third kappa shape index (κ3) is 1.89. The van der Waals surface area contributed by atoms with Gasteiger partial charge < -0.3 is 9.31 Å². The van der Waals surface area contributed by atoms with Crippen LogP contribution < -0.4 is 0 Å². The van der Waals surface area contributed by atoms with Crippen molar-refractivity contribution in [3.05, 3.63) is 23.7 Å². The summed E-state index contributed by atoms with van der Waals surface area (Å²) >= 11 is 0. The second-order valence-electron chi connectivity index (χ2n) is 5.36. The summed E-state index contributed by atoms with van der Waals surface area (Å²) < 4.78 is 11.7. The van der Waals surface area contributed by atoms with Crippen molar-refractivity contribution in [2.45, 2.75) is 38.9 Å². The Hall–Kier alpha value is -1.20. The molecule has 17 heavy (non-hydrogen) atoms. The van der Waals surface area contributed by atoms with E-state index in [1.54, 1.807) is 18.2 Å². The maximum Gasteiger partial charge on any atom is 0.497 e. The maximum absolute atomic E-state index is 7.87. The van der Waals surface area contributed by atoms with Gasteiger partial charge in [-0.3, -0.25) is 10.8 Å². The van der Waals surface area contributed by atoms with Gasteiger partial charge in [-0.15, -0.1) is 0 Å². The van der Waals surface area contributed by atoms with Crippen molar-refractivity contribution >= 4 is 18.5 Å². The molecule has 1 saturated heterocycles. The summed E-state index contributed by atoms with van der Waals surface area (Å²) in [6, 6.07) is 0. The van der Waals surface area contributed by atoms with Gasteiger partial charge in [0.05, 0.1) is 22.6 Å². The summed E-state index contributed by atoms with van der Waals surface area (Å²) in [6.45, 7) is 7.89. The summed E-state index contributed by atoms with van der Waals surface area (Å²) in [5.41, 5.74) is 0.156. The predicted octanol–water partition coefficient (Wildman–Crippen LogP) is 2.15. The Bertz CT molecular complexity index is 433. The fraction of sp³-hybridized carbons (Fsp3) is 0.500. The van der Waals surface area contributed by atoms with E-state index in [9.17, 15) is 0 Å². The molecule has 90 valence electrons. The van der Waals surface area contributed by atoms with E-state index in [1.165, 1.54) is 0 Å². The summed E-state index contributed by atoms with van der Waals surface area (Å²) in [5.74, 6) is 0. The number of hydrogen-bond acceptors (Lipinski definition) is 4. The first-order chi connectivity index (χ1) is 7.74. The molecular formula is C12H17BN2O2. The summed E-state index contributed by atoms with van der Waals surface area (Å²) in [6.07, 6.45) is 5.13. The van der Waals surface area contributed by atoms with Crippen LogP contribution in [-0.2, 0) is 9.31 Å². The third-order valence-corrected chi connectivity index (χ3v) is 3.60. The summed E-state index contributed by atoms with van der Waals surface area (Å²) in [4.78, 5) is 0. The van der Waals surface area contributed by atoms with Crippen LogP contribution in [-0.4, -0.2) is 29.7 Å². The van der Waals surface area contributed by atoms with E-state index >= 15 is 0 Å². The predicted molar refractivity (Wildman–Crippen MR) is 68.8 cm³/mol. The van der Waals surface area contributed by atoms with Crippen molar-refractivity contribution in [2.24, 2.45) is 0 Å². The van der Waals surface area contributed by atoms with Crippen LogP contribution >= 0.6 is 0 Å². The Morgan fingerprint density at radius 1 is 1.06 bits per heavy atom. The first-order valence-electron chi connectivity index (χ1n) is 5.66. The van der Waals surface area contributed by atoms with Crippen LogP contribution in [0.2, 0.25) is 0 Å². The standard InChI is InChI=1S/C12H17BN2O2/c1-11(2)12(3,4)17-13(16-11)8-6-5-7-9(14)10(8)15/h5-7,14-15H,1-4H3. The highest BCUT2D eigenvalue weighted by molar-refractivity contribution is 6.71. The zero-order valence-electron chi connectivity index (χ0n) is 10.6.